The molecule has 2 aliphatic heterocycles. The lowest BCUT2D eigenvalue weighted by Gasteiger charge is -2.37. The van der Waals surface area contributed by atoms with Gasteiger partial charge in [-0.25, -0.2) is 0 Å². The van der Waals surface area contributed by atoms with Gasteiger partial charge in [-0.3, -0.25) is 9.69 Å². The number of carbonyl (C=O) groups excluding carboxylic acids is 1. The van der Waals surface area contributed by atoms with Crippen molar-refractivity contribution in [2.75, 3.05) is 26.7 Å². The van der Waals surface area contributed by atoms with Crippen molar-refractivity contribution in [1.29, 1.82) is 0 Å². The Hall–Kier alpha value is -1.07. The van der Waals surface area contributed by atoms with Gasteiger partial charge in [0.1, 0.15) is 5.75 Å². The van der Waals surface area contributed by atoms with Crippen LogP contribution >= 0.6 is 15.9 Å². The Kier molecular flexibility index (Phi) is 3.98. The Balaban J connectivity index is 1.68. The number of piperazine rings is 1. The van der Waals surface area contributed by atoms with Gasteiger partial charge in [0.2, 0.25) is 5.91 Å². The Morgan fingerprint density at radius 1 is 1.40 bits per heavy atom. The first-order valence-electron chi connectivity index (χ1n) is 7.01. The van der Waals surface area contributed by atoms with Gasteiger partial charge in [0.25, 0.3) is 0 Å². The summed E-state index contributed by atoms with van der Waals surface area (Å²) in [5.41, 5.74) is 1.24. The molecule has 0 aromatic heterocycles. The first-order chi connectivity index (χ1) is 9.67. The molecule has 2 saturated heterocycles. The van der Waals surface area contributed by atoms with E-state index in [-0.39, 0.29) is 0 Å². The van der Waals surface area contributed by atoms with Crippen molar-refractivity contribution >= 4 is 21.8 Å². The lowest BCUT2D eigenvalue weighted by molar-refractivity contribution is -0.130. The molecule has 2 heterocycles. The highest BCUT2D eigenvalue weighted by Crippen LogP contribution is 2.27. The summed E-state index contributed by atoms with van der Waals surface area (Å²) in [5, 5.41) is 0. The third-order valence-corrected chi connectivity index (χ3v) is 5.00. The normalized spacial score (nSPS) is 23.0. The van der Waals surface area contributed by atoms with Crippen molar-refractivity contribution in [3.05, 3.63) is 28.2 Å². The highest BCUT2D eigenvalue weighted by atomic mass is 79.9. The Morgan fingerprint density at radius 3 is 3.05 bits per heavy atom. The number of rotatable bonds is 3. The van der Waals surface area contributed by atoms with Gasteiger partial charge in [-0.1, -0.05) is 15.9 Å². The first kappa shape index (κ1) is 13.9. The second kappa shape index (κ2) is 5.74. The standard InChI is InChI=1S/C15H19BrN2O2/c1-20-13-3-4-14(16)11(8-13)9-17-6-7-18-12(10-17)2-5-15(18)19/h3-4,8,12H,2,5-7,9-10H2,1H3. The molecule has 2 aliphatic rings. The van der Waals surface area contributed by atoms with Crippen molar-refractivity contribution in [3.63, 3.8) is 0 Å². The first-order valence-corrected chi connectivity index (χ1v) is 7.81. The second-order valence-electron chi connectivity index (χ2n) is 5.47. The highest BCUT2D eigenvalue weighted by molar-refractivity contribution is 9.10. The number of hydrogen-bond acceptors (Lipinski definition) is 3. The third-order valence-electron chi connectivity index (χ3n) is 4.23. The maximum absolute atomic E-state index is 11.7. The number of fused-ring (bicyclic) bond motifs is 1. The van der Waals surface area contributed by atoms with E-state index in [1.54, 1.807) is 7.11 Å². The minimum atomic E-state index is 0.331. The van der Waals surface area contributed by atoms with E-state index in [9.17, 15) is 4.79 Å². The molecule has 5 heteroatoms. The van der Waals surface area contributed by atoms with Crippen LogP contribution in [0.15, 0.2) is 22.7 Å². The molecular formula is C15H19BrN2O2. The summed E-state index contributed by atoms with van der Waals surface area (Å²) in [6.45, 7) is 3.70. The molecule has 1 aromatic rings. The maximum Gasteiger partial charge on any atom is 0.222 e. The average Bonchev–Trinajstić information content (AvgIpc) is 2.82. The monoisotopic (exact) mass is 338 g/mol. The zero-order chi connectivity index (χ0) is 14.1. The molecule has 1 atom stereocenters. The number of methoxy groups -OCH3 is 1. The van der Waals surface area contributed by atoms with Crippen LogP contribution in [0, 0.1) is 0 Å². The Bertz CT molecular complexity index is 521. The number of nitrogens with zero attached hydrogens (tertiary/aromatic N) is 2. The van der Waals surface area contributed by atoms with E-state index < -0.39 is 0 Å². The molecule has 108 valence electrons. The van der Waals surface area contributed by atoms with Gasteiger partial charge in [0.05, 0.1) is 7.11 Å². The van der Waals surface area contributed by atoms with Crippen LogP contribution in [-0.2, 0) is 11.3 Å². The lowest BCUT2D eigenvalue weighted by atomic mass is 10.1. The summed E-state index contributed by atoms with van der Waals surface area (Å²) in [5.74, 6) is 1.22. The van der Waals surface area contributed by atoms with Crippen molar-refractivity contribution in [1.82, 2.24) is 9.80 Å². The van der Waals surface area contributed by atoms with E-state index in [4.69, 9.17) is 4.74 Å². The molecule has 0 radical (unpaired) electrons. The summed E-state index contributed by atoms with van der Waals surface area (Å²) in [6, 6.07) is 6.49. The zero-order valence-corrected chi connectivity index (χ0v) is 13.2. The molecule has 0 spiro atoms. The third kappa shape index (κ3) is 2.69. The van der Waals surface area contributed by atoms with E-state index in [0.717, 1.165) is 49.2 Å². The number of hydrogen-bond donors (Lipinski definition) is 0. The van der Waals surface area contributed by atoms with Gasteiger partial charge >= 0.3 is 0 Å². The molecule has 0 saturated carbocycles. The van der Waals surface area contributed by atoms with Crippen molar-refractivity contribution in [2.24, 2.45) is 0 Å². The van der Waals surface area contributed by atoms with Crippen LogP contribution in [0.4, 0.5) is 0 Å². The predicted molar refractivity (Wildman–Crippen MR) is 80.7 cm³/mol. The van der Waals surface area contributed by atoms with E-state index in [2.05, 4.69) is 31.8 Å². The highest BCUT2D eigenvalue weighted by Gasteiger charge is 2.35. The molecule has 0 N–H and O–H groups in total. The molecule has 1 amide bonds. The minimum absolute atomic E-state index is 0.331. The largest absolute Gasteiger partial charge is 0.497 e. The summed E-state index contributed by atoms with van der Waals surface area (Å²) >= 11 is 3.61. The van der Waals surface area contributed by atoms with Crippen molar-refractivity contribution in [2.45, 2.75) is 25.4 Å². The molecule has 2 fully saturated rings. The molecule has 4 nitrogen and oxygen atoms in total. The van der Waals surface area contributed by atoms with E-state index >= 15 is 0 Å². The summed E-state index contributed by atoms with van der Waals surface area (Å²) in [4.78, 5) is 16.2. The summed E-state index contributed by atoms with van der Waals surface area (Å²) in [7, 11) is 1.69. The topological polar surface area (TPSA) is 32.8 Å². The van der Waals surface area contributed by atoms with Gasteiger partial charge in [0.15, 0.2) is 0 Å². The van der Waals surface area contributed by atoms with E-state index in [1.807, 2.05) is 12.1 Å². The number of benzene rings is 1. The molecule has 3 rings (SSSR count). The van der Waals surface area contributed by atoms with Crippen LogP contribution in [0.25, 0.3) is 0 Å². The fourth-order valence-electron chi connectivity index (χ4n) is 3.11. The number of ether oxygens (including phenoxy) is 1. The fourth-order valence-corrected chi connectivity index (χ4v) is 3.48. The van der Waals surface area contributed by atoms with Crippen LogP contribution < -0.4 is 4.74 Å². The van der Waals surface area contributed by atoms with E-state index in [0.29, 0.717) is 11.9 Å². The molecular weight excluding hydrogens is 320 g/mol. The number of amides is 1. The number of halogens is 1. The zero-order valence-electron chi connectivity index (χ0n) is 11.6. The minimum Gasteiger partial charge on any atom is -0.497 e. The second-order valence-corrected chi connectivity index (χ2v) is 6.33. The molecule has 20 heavy (non-hydrogen) atoms. The predicted octanol–water partition coefficient (Wildman–Crippen LogP) is 2.26. The van der Waals surface area contributed by atoms with Crippen LogP contribution in [0.5, 0.6) is 5.75 Å². The van der Waals surface area contributed by atoms with Crippen LogP contribution in [0.1, 0.15) is 18.4 Å². The quantitative estimate of drug-likeness (QED) is 0.847. The van der Waals surface area contributed by atoms with Gasteiger partial charge in [0, 0.05) is 43.1 Å². The summed E-state index contributed by atoms with van der Waals surface area (Å²) < 4.78 is 6.40. The van der Waals surface area contributed by atoms with Crippen LogP contribution in [-0.4, -0.2) is 48.5 Å². The van der Waals surface area contributed by atoms with Gasteiger partial charge in [-0.05, 0) is 30.2 Å². The summed E-state index contributed by atoms with van der Waals surface area (Å²) in [6.07, 6.45) is 1.73. The van der Waals surface area contributed by atoms with Crippen LogP contribution in [0.3, 0.4) is 0 Å². The van der Waals surface area contributed by atoms with Crippen molar-refractivity contribution in [3.8, 4) is 5.75 Å². The lowest BCUT2D eigenvalue weighted by Crippen LogP contribution is -2.50. The van der Waals surface area contributed by atoms with Crippen LogP contribution in [0.2, 0.25) is 0 Å². The fraction of sp³-hybridized carbons (Fsp3) is 0.533. The van der Waals surface area contributed by atoms with Gasteiger partial charge in [-0.15, -0.1) is 0 Å². The molecule has 0 bridgehead atoms. The smallest absolute Gasteiger partial charge is 0.222 e. The van der Waals surface area contributed by atoms with Gasteiger partial charge in [-0.2, -0.15) is 0 Å². The molecule has 1 aromatic carbocycles. The SMILES string of the molecule is COc1ccc(Br)c(CN2CCN3C(=O)CCC3C2)c1. The van der Waals surface area contributed by atoms with Gasteiger partial charge < -0.3 is 9.64 Å². The van der Waals surface area contributed by atoms with E-state index in [1.165, 1.54) is 5.56 Å². The Labute approximate surface area is 127 Å². The van der Waals surface area contributed by atoms with Crippen molar-refractivity contribution < 1.29 is 9.53 Å². The molecule has 0 aliphatic carbocycles. The maximum atomic E-state index is 11.7. The average molecular weight is 339 g/mol. The number of carbonyl (C=O) groups is 1. The Morgan fingerprint density at radius 2 is 2.25 bits per heavy atom. The molecule has 1 unspecified atom stereocenters.